The molecule has 1 aromatic rings. The van der Waals surface area contributed by atoms with E-state index in [1.165, 1.54) is 19.2 Å². The lowest BCUT2D eigenvalue weighted by Crippen LogP contribution is -1.99. The van der Waals surface area contributed by atoms with Gasteiger partial charge in [0.15, 0.2) is 0 Å². The van der Waals surface area contributed by atoms with Gasteiger partial charge in [-0.3, -0.25) is 10.1 Å². The van der Waals surface area contributed by atoms with Crippen LogP contribution in [-0.2, 0) is 0 Å². The van der Waals surface area contributed by atoms with Crippen LogP contribution in [0.2, 0.25) is 0 Å². The summed E-state index contributed by atoms with van der Waals surface area (Å²) in [6.07, 6.45) is 0. The maximum absolute atomic E-state index is 10.5. The van der Waals surface area contributed by atoms with E-state index in [1.54, 1.807) is 6.92 Å². The monoisotopic (exact) mass is 182 g/mol. The van der Waals surface area contributed by atoms with Crippen LogP contribution in [0.5, 0.6) is 5.75 Å². The third-order valence-electron chi connectivity index (χ3n) is 1.86. The predicted octanol–water partition coefficient (Wildman–Crippen LogP) is 1.49. The van der Waals surface area contributed by atoms with Crippen LogP contribution in [0.25, 0.3) is 0 Å². The molecule has 2 N–H and O–H groups in total. The Kier molecular flexibility index (Phi) is 2.36. The number of benzene rings is 1. The fourth-order valence-corrected chi connectivity index (χ4v) is 1.07. The number of nitrogen functional groups attached to an aromatic ring is 1. The van der Waals surface area contributed by atoms with Gasteiger partial charge in [0.05, 0.1) is 12.0 Å². The second-order valence-corrected chi connectivity index (χ2v) is 2.58. The number of hydrogen-bond acceptors (Lipinski definition) is 4. The quantitative estimate of drug-likeness (QED) is 0.427. The fourth-order valence-electron chi connectivity index (χ4n) is 1.07. The number of nitro benzene ring substituents is 1. The predicted molar refractivity (Wildman–Crippen MR) is 48.8 cm³/mol. The molecule has 0 saturated heterocycles. The summed E-state index contributed by atoms with van der Waals surface area (Å²) in [6.45, 7) is 1.68. The summed E-state index contributed by atoms with van der Waals surface area (Å²) in [7, 11) is 1.49. The molecular formula is C8H10N2O3. The van der Waals surface area contributed by atoms with E-state index in [1.807, 2.05) is 0 Å². The summed E-state index contributed by atoms with van der Waals surface area (Å²) in [6, 6.07) is 2.87. The van der Waals surface area contributed by atoms with E-state index in [4.69, 9.17) is 10.5 Å². The summed E-state index contributed by atoms with van der Waals surface area (Å²) in [5.74, 6) is 0.558. The summed E-state index contributed by atoms with van der Waals surface area (Å²) in [5.41, 5.74) is 6.20. The van der Waals surface area contributed by atoms with E-state index < -0.39 is 4.92 Å². The lowest BCUT2D eigenvalue weighted by atomic mass is 10.1. The summed E-state index contributed by atoms with van der Waals surface area (Å²) in [4.78, 5) is 9.95. The van der Waals surface area contributed by atoms with Gasteiger partial charge in [0, 0.05) is 11.6 Å². The van der Waals surface area contributed by atoms with Gasteiger partial charge in [-0.1, -0.05) is 0 Å². The first-order chi connectivity index (χ1) is 6.07. The van der Waals surface area contributed by atoms with E-state index >= 15 is 0 Å². The summed E-state index contributed by atoms with van der Waals surface area (Å²) in [5, 5.41) is 10.5. The molecule has 0 radical (unpaired) electrons. The Hall–Kier alpha value is -1.78. The maximum Gasteiger partial charge on any atom is 0.292 e. The Balaban J connectivity index is 3.31. The van der Waals surface area contributed by atoms with E-state index in [0.29, 0.717) is 11.3 Å². The van der Waals surface area contributed by atoms with E-state index in [9.17, 15) is 10.1 Å². The smallest absolute Gasteiger partial charge is 0.292 e. The summed E-state index contributed by atoms with van der Waals surface area (Å²) >= 11 is 0. The molecule has 70 valence electrons. The second kappa shape index (κ2) is 3.30. The molecule has 0 aliphatic rings. The molecule has 0 aliphatic heterocycles. The van der Waals surface area contributed by atoms with Crippen LogP contribution < -0.4 is 10.5 Å². The largest absolute Gasteiger partial charge is 0.496 e. The average molecular weight is 182 g/mol. The van der Waals surface area contributed by atoms with Crippen molar-refractivity contribution in [3.63, 3.8) is 0 Å². The molecule has 1 rings (SSSR count). The van der Waals surface area contributed by atoms with E-state index in [0.717, 1.165) is 0 Å². The van der Waals surface area contributed by atoms with Crippen molar-refractivity contribution in [1.82, 2.24) is 0 Å². The first-order valence-corrected chi connectivity index (χ1v) is 3.65. The van der Waals surface area contributed by atoms with Gasteiger partial charge < -0.3 is 10.5 Å². The Morgan fingerprint density at radius 2 is 2.15 bits per heavy atom. The average Bonchev–Trinajstić information content (AvgIpc) is 2.09. The van der Waals surface area contributed by atoms with Gasteiger partial charge in [0.1, 0.15) is 11.4 Å². The van der Waals surface area contributed by atoms with Crippen molar-refractivity contribution in [3.05, 3.63) is 27.8 Å². The number of rotatable bonds is 2. The maximum atomic E-state index is 10.5. The molecule has 0 heterocycles. The Morgan fingerprint density at radius 3 is 2.62 bits per heavy atom. The van der Waals surface area contributed by atoms with Gasteiger partial charge in [-0.25, -0.2) is 0 Å². The molecule has 0 aliphatic carbocycles. The molecule has 5 nitrogen and oxygen atoms in total. The zero-order valence-corrected chi connectivity index (χ0v) is 7.40. The molecule has 0 spiro atoms. The van der Waals surface area contributed by atoms with Gasteiger partial charge in [-0.15, -0.1) is 0 Å². The SMILES string of the molecule is COc1ccc([N+](=O)[O-])c(N)c1C. The van der Waals surface area contributed by atoms with Crippen molar-refractivity contribution in [2.75, 3.05) is 12.8 Å². The van der Waals surface area contributed by atoms with Crippen molar-refractivity contribution < 1.29 is 9.66 Å². The molecule has 0 saturated carbocycles. The van der Waals surface area contributed by atoms with Gasteiger partial charge in [0.25, 0.3) is 5.69 Å². The number of nitrogens with two attached hydrogens (primary N) is 1. The zero-order valence-electron chi connectivity index (χ0n) is 7.40. The second-order valence-electron chi connectivity index (χ2n) is 2.58. The highest BCUT2D eigenvalue weighted by Gasteiger charge is 2.15. The molecule has 0 bridgehead atoms. The van der Waals surface area contributed by atoms with Crippen LogP contribution in [0, 0.1) is 17.0 Å². The van der Waals surface area contributed by atoms with Crippen molar-refractivity contribution >= 4 is 11.4 Å². The van der Waals surface area contributed by atoms with Crippen molar-refractivity contribution in [2.24, 2.45) is 0 Å². The molecule has 0 fully saturated rings. The highest BCUT2D eigenvalue weighted by molar-refractivity contribution is 5.66. The first-order valence-electron chi connectivity index (χ1n) is 3.65. The Morgan fingerprint density at radius 1 is 1.54 bits per heavy atom. The lowest BCUT2D eigenvalue weighted by Gasteiger charge is -2.06. The van der Waals surface area contributed by atoms with Gasteiger partial charge in [-0.2, -0.15) is 0 Å². The highest BCUT2D eigenvalue weighted by Crippen LogP contribution is 2.31. The minimum atomic E-state index is -0.512. The molecule has 5 heteroatoms. The van der Waals surface area contributed by atoms with Gasteiger partial charge in [0.2, 0.25) is 0 Å². The third kappa shape index (κ3) is 1.53. The molecular weight excluding hydrogens is 172 g/mol. The molecule has 13 heavy (non-hydrogen) atoms. The van der Waals surface area contributed by atoms with Crippen molar-refractivity contribution in [1.29, 1.82) is 0 Å². The number of hydrogen-bond donors (Lipinski definition) is 1. The minimum absolute atomic E-state index is 0.0849. The van der Waals surface area contributed by atoms with E-state index in [-0.39, 0.29) is 11.4 Å². The number of ether oxygens (including phenoxy) is 1. The molecule has 0 amide bonds. The number of anilines is 1. The number of nitrogens with zero attached hydrogens (tertiary/aromatic N) is 1. The van der Waals surface area contributed by atoms with Crippen LogP contribution in [0.1, 0.15) is 5.56 Å². The number of nitro groups is 1. The summed E-state index contributed by atoms with van der Waals surface area (Å²) < 4.78 is 4.96. The fraction of sp³-hybridized carbons (Fsp3) is 0.250. The van der Waals surface area contributed by atoms with Crippen LogP contribution in [0.4, 0.5) is 11.4 Å². The lowest BCUT2D eigenvalue weighted by molar-refractivity contribution is -0.383. The third-order valence-corrected chi connectivity index (χ3v) is 1.86. The normalized spacial score (nSPS) is 9.69. The first kappa shape index (κ1) is 9.31. The molecule has 1 aromatic carbocycles. The molecule has 0 unspecified atom stereocenters. The van der Waals surface area contributed by atoms with Crippen LogP contribution in [0.3, 0.4) is 0 Å². The number of methoxy groups -OCH3 is 1. The van der Waals surface area contributed by atoms with Crippen molar-refractivity contribution in [2.45, 2.75) is 6.92 Å². The van der Waals surface area contributed by atoms with Gasteiger partial charge in [-0.05, 0) is 13.0 Å². The van der Waals surface area contributed by atoms with Crippen molar-refractivity contribution in [3.8, 4) is 5.75 Å². The highest BCUT2D eigenvalue weighted by atomic mass is 16.6. The van der Waals surface area contributed by atoms with Crippen LogP contribution in [0.15, 0.2) is 12.1 Å². The van der Waals surface area contributed by atoms with E-state index in [2.05, 4.69) is 0 Å². The topological polar surface area (TPSA) is 78.4 Å². The van der Waals surface area contributed by atoms with Crippen LogP contribution in [-0.4, -0.2) is 12.0 Å². The van der Waals surface area contributed by atoms with Gasteiger partial charge >= 0.3 is 0 Å². The molecule has 0 atom stereocenters. The Labute approximate surface area is 75.3 Å². The Bertz CT molecular complexity index is 349. The zero-order chi connectivity index (χ0) is 10.0. The van der Waals surface area contributed by atoms with Crippen LogP contribution >= 0.6 is 0 Å². The standard InChI is InChI=1S/C8H10N2O3/c1-5-7(13-2)4-3-6(8(5)9)10(11)12/h3-4H,9H2,1-2H3. The molecule has 0 aromatic heterocycles. The minimum Gasteiger partial charge on any atom is -0.496 e.